The number of tetrazole rings is 1. The Balaban J connectivity index is 1.81. The normalized spacial score (nSPS) is 10.6. The number of aromatic nitrogens is 4. The highest BCUT2D eigenvalue weighted by Gasteiger charge is 2.18. The smallest absolute Gasteiger partial charge is 0.319 e. The first-order chi connectivity index (χ1) is 12.9. The van der Waals surface area contributed by atoms with Crippen LogP contribution in [0.5, 0.6) is 0 Å². The van der Waals surface area contributed by atoms with Crippen LogP contribution >= 0.6 is 11.6 Å². The quantitative estimate of drug-likeness (QED) is 0.526. The summed E-state index contributed by atoms with van der Waals surface area (Å²) in [5, 5.41) is 21.2. The highest BCUT2D eigenvalue weighted by atomic mass is 35.5. The molecular weight excluding hydrogens is 376 g/mol. The van der Waals surface area contributed by atoms with Crippen molar-refractivity contribution >= 4 is 28.9 Å². The van der Waals surface area contributed by atoms with E-state index >= 15 is 0 Å². The van der Waals surface area contributed by atoms with Crippen molar-refractivity contribution < 1.29 is 9.72 Å². The third kappa shape index (κ3) is 3.85. The number of nitro groups is 1. The highest BCUT2D eigenvalue weighted by molar-refractivity contribution is 6.32. The number of benzene rings is 2. The van der Waals surface area contributed by atoms with E-state index in [9.17, 15) is 19.7 Å². The maximum absolute atomic E-state index is 12.4. The van der Waals surface area contributed by atoms with Gasteiger partial charge in [-0.25, -0.2) is 4.79 Å². The molecule has 1 amide bonds. The molecule has 0 spiro atoms. The minimum Gasteiger partial charge on any atom is -0.319 e. The Hall–Kier alpha value is -3.53. The molecule has 138 valence electrons. The summed E-state index contributed by atoms with van der Waals surface area (Å²) >= 11 is 6.03. The predicted molar refractivity (Wildman–Crippen MR) is 97.1 cm³/mol. The number of carbonyl (C=O) groups excluding carboxylic acids is 1. The molecule has 0 saturated heterocycles. The fourth-order valence-electron chi connectivity index (χ4n) is 2.37. The van der Waals surface area contributed by atoms with Gasteiger partial charge in [-0.3, -0.25) is 14.9 Å². The molecule has 3 aromatic rings. The van der Waals surface area contributed by atoms with Gasteiger partial charge in [0.1, 0.15) is 12.2 Å². The van der Waals surface area contributed by atoms with E-state index in [2.05, 4.69) is 15.7 Å². The van der Waals surface area contributed by atoms with E-state index in [-0.39, 0.29) is 11.4 Å². The number of carbonyl (C=O) groups is 1. The fraction of sp³-hybridized carbons (Fsp3) is 0.125. The molecule has 0 atom stereocenters. The Kier molecular flexibility index (Phi) is 4.99. The molecule has 0 unspecified atom stereocenters. The summed E-state index contributed by atoms with van der Waals surface area (Å²) in [5.41, 5.74) is 0.123. The predicted octanol–water partition coefficient (Wildman–Crippen LogP) is 1.94. The first-order valence-corrected chi connectivity index (χ1v) is 8.07. The van der Waals surface area contributed by atoms with Crippen LogP contribution in [0.3, 0.4) is 0 Å². The summed E-state index contributed by atoms with van der Waals surface area (Å²) in [5.74, 6) is -0.657. The molecule has 0 fully saturated rings. The standard InChI is InChI=1S/C16H13ClN6O4/c1-10-6-7-12(14(8-10)23(26)27)18-15(24)9-21-16(25)22(20-19-21)13-5-3-2-4-11(13)17/h2-8H,9H2,1H3,(H,18,24). The molecule has 0 aliphatic rings. The van der Waals surface area contributed by atoms with Crippen LogP contribution in [0.2, 0.25) is 5.02 Å². The van der Waals surface area contributed by atoms with E-state index in [0.29, 0.717) is 16.3 Å². The topological polar surface area (TPSA) is 125 Å². The second-order valence-corrected chi connectivity index (χ2v) is 6.02. The van der Waals surface area contributed by atoms with E-state index in [1.54, 1.807) is 37.3 Å². The van der Waals surface area contributed by atoms with Gasteiger partial charge < -0.3 is 5.32 Å². The molecular formula is C16H13ClN6O4. The van der Waals surface area contributed by atoms with Crippen LogP contribution in [-0.2, 0) is 11.3 Å². The van der Waals surface area contributed by atoms with Gasteiger partial charge in [-0.2, -0.15) is 9.36 Å². The summed E-state index contributed by atoms with van der Waals surface area (Å²) < 4.78 is 1.79. The van der Waals surface area contributed by atoms with Crippen LogP contribution in [-0.4, -0.2) is 30.6 Å². The maximum atomic E-state index is 12.4. The number of para-hydroxylation sites is 1. The summed E-state index contributed by atoms with van der Waals surface area (Å²) in [7, 11) is 0. The van der Waals surface area contributed by atoms with E-state index in [1.807, 2.05) is 0 Å². The van der Waals surface area contributed by atoms with Gasteiger partial charge in [0.25, 0.3) is 5.69 Å². The lowest BCUT2D eigenvalue weighted by Crippen LogP contribution is -2.30. The van der Waals surface area contributed by atoms with Gasteiger partial charge in [-0.05, 0) is 41.1 Å². The van der Waals surface area contributed by atoms with Crippen LogP contribution in [0.4, 0.5) is 11.4 Å². The van der Waals surface area contributed by atoms with Crippen molar-refractivity contribution in [3.63, 3.8) is 0 Å². The molecule has 1 heterocycles. The second-order valence-electron chi connectivity index (χ2n) is 5.61. The largest absolute Gasteiger partial charge is 0.369 e. The van der Waals surface area contributed by atoms with E-state index in [1.165, 1.54) is 12.1 Å². The number of nitro benzene ring substituents is 1. The zero-order valence-electron chi connectivity index (χ0n) is 14.0. The molecule has 2 aromatic carbocycles. The van der Waals surface area contributed by atoms with Crippen molar-refractivity contribution in [2.75, 3.05) is 5.32 Å². The summed E-state index contributed by atoms with van der Waals surface area (Å²) in [6.07, 6.45) is 0. The SMILES string of the molecule is Cc1ccc(NC(=O)Cn2nnn(-c3ccccc3Cl)c2=O)c([N+](=O)[O-])c1. The Bertz CT molecular complexity index is 1090. The molecule has 1 N–H and O–H groups in total. The number of anilines is 1. The molecule has 3 rings (SSSR count). The van der Waals surface area contributed by atoms with Crippen molar-refractivity contribution in [3.05, 3.63) is 73.6 Å². The van der Waals surface area contributed by atoms with Crippen LogP contribution < -0.4 is 11.0 Å². The Morgan fingerprint density at radius 1 is 1.26 bits per heavy atom. The molecule has 0 bridgehead atoms. The summed E-state index contributed by atoms with van der Waals surface area (Å²) in [4.78, 5) is 35.1. The maximum Gasteiger partial charge on any atom is 0.369 e. The zero-order valence-corrected chi connectivity index (χ0v) is 14.8. The Labute approximate surface area is 157 Å². The van der Waals surface area contributed by atoms with Crippen molar-refractivity contribution in [3.8, 4) is 5.69 Å². The van der Waals surface area contributed by atoms with Crippen LogP contribution in [0.1, 0.15) is 5.56 Å². The number of nitrogens with zero attached hydrogens (tertiary/aromatic N) is 5. The fourth-order valence-corrected chi connectivity index (χ4v) is 2.59. The lowest BCUT2D eigenvalue weighted by atomic mass is 10.2. The zero-order chi connectivity index (χ0) is 19.6. The van der Waals surface area contributed by atoms with E-state index < -0.39 is 23.1 Å². The summed E-state index contributed by atoms with van der Waals surface area (Å²) in [6, 6.07) is 10.9. The highest BCUT2D eigenvalue weighted by Crippen LogP contribution is 2.25. The van der Waals surface area contributed by atoms with E-state index in [0.717, 1.165) is 9.36 Å². The minimum atomic E-state index is -0.670. The molecule has 27 heavy (non-hydrogen) atoms. The van der Waals surface area contributed by atoms with Crippen molar-refractivity contribution in [1.82, 2.24) is 19.8 Å². The average Bonchev–Trinajstić information content (AvgIpc) is 2.97. The molecule has 11 heteroatoms. The number of amides is 1. The van der Waals surface area contributed by atoms with E-state index in [4.69, 9.17) is 11.6 Å². The monoisotopic (exact) mass is 388 g/mol. The second kappa shape index (κ2) is 7.38. The van der Waals surface area contributed by atoms with Gasteiger partial charge in [0.15, 0.2) is 0 Å². The number of hydrogen-bond acceptors (Lipinski definition) is 6. The van der Waals surface area contributed by atoms with Gasteiger partial charge in [-0.15, -0.1) is 0 Å². The lowest BCUT2D eigenvalue weighted by Gasteiger charge is -2.06. The van der Waals surface area contributed by atoms with Gasteiger partial charge in [0.05, 0.1) is 15.6 Å². The van der Waals surface area contributed by atoms with Crippen molar-refractivity contribution in [2.24, 2.45) is 0 Å². The van der Waals surface area contributed by atoms with Gasteiger partial charge >= 0.3 is 5.69 Å². The number of hydrogen-bond donors (Lipinski definition) is 1. The molecule has 1 aromatic heterocycles. The van der Waals surface area contributed by atoms with Gasteiger partial charge in [0.2, 0.25) is 5.91 Å². The Morgan fingerprint density at radius 2 is 2.00 bits per heavy atom. The van der Waals surface area contributed by atoms with Crippen molar-refractivity contribution in [1.29, 1.82) is 0 Å². The third-order valence-electron chi connectivity index (χ3n) is 3.64. The molecule has 0 radical (unpaired) electrons. The number of nitrogens with one attached hydrogen (secondary N) is 1. The first-order valence-electron chi connectivity index (χ1n) is 7.69. The molecule has 10 nitrogen and oxygen atoms in total. The molecule has 0 aliphatic heterocycles. The Morgan fingerprint density at radius 3 is 2.70 bits per heavy atom. The van der Waals surface area contributed by atoms with Crippen LogP contribution in [0, 0.1) is 17.0 Å². The number of aryl methyl sites for hydroxylation is 1. The van der Waals surface area contributed by atoms with Crippen molar-refractivity contribution in [2.45, 2.75) is 13.5 Å². The van der Waals surface area contributed by atoms with Gasteiger partial charge in [-0.1, -0.05) is 29.8 Å². The van der Waals surface area contributed by atoms with Gasteiger partial charge in [0, 0.05) is 6.07 Å². The van der Waals surface area contributed by atoms with Crippen LogP contribution in [0.15, 0.2) is 47.3 Å². The molecule has 0 aliphatic carbocycles. The molecule has 0 saturated carbocycles. The number of rotatable bonds is 5. The minimum absolute atomic E-state index is 0.0298. The lowest BCUT2D eigenvalue weighted by molar-refractivity contribution is -0.384. The third-order valence-corrected chi connectivity index (χ3v) is 3.96. The average molecular weight is 389 g/mol. The first kappa shape index (κ1) is 18.3. The van der Waals surface area contributed by atoms with Crippen LogP contribution in [0.25, 0.3) is 5.69 Å². The summed E-state index contributed by atoms with van der Waals surface area (Å²) in [6.45, 7) is 1.24. The number of halogens is 1.